The SMILES string of the molecule is C1=C/C=C/CCCC=C1. The summed E-state index contributed by atoms with van der Waals surface area (Å²) in [6.45, 7) is 0. The smallest absolute Gasteiger partial charge is 0.0345 e. The number of allylic oxidation sites excluding steroid dienone is 6. The van der Waals surface area contributed by atoms with Crippen molar-refractivity contribution >= 4 is 0 Å². The van der Waals surface area contributed by atoms with Crippen LogP contribution in [0.3, 0.4) is 0 Å². The molecule has 0 saturated heterocycles. The second-order valence-electron chi connectivity index (χ2n) is 2.17. The lowest BCUT2D eigenvalue weighted by Crippen LogP contribution is -1.65. The number of hydrogen-bond donors (Lipinski definition) is 0. The Balaban J connectivity index is 2.45. The van der Waals surface area contributed by atoms with Crippen molar-refractivity contribution in [1.29, 1.82) is 0 Å². The Morgan fingerprint density at radius 2 is 1.22 bits per heavy atom. The molecule has 0 bridgehead atoms. The largest absolute Gasteiger partial charge is 0.0845 e. The first-order valence-electron chi connectivity index (χ1n) is 3.48. The van der Waals surface area contributed by atoms with E-state index in [1.54, 1.807) is 0 Å². The summed E-state index contributed by atoms with van der Waals surface area (Å²) >= 11 is 0. The monoisotopic (exact) mass is 120 g/mol. The van der Waals surface area contributed by atoms with Crippen molar-refractivity contribution in [2.24, 2.45) is 0 Å². The summed E-state index contributed by atoms with van der Waals surface area (Å²) in [6, 6.07) is 0. The van der Waals surface area contributed by atoms with Crippen LogP contribution in [0.4, 0.5) is 0 Å². The summed E-state index contributed by atoms with van der Waals surface area (Å²) in [5.41, 5.74) is 0. The molecule has 0 heteroatoms. The summed E-state index contributed by atoms with van der Waals surface area (Å²) in [5.74, 6) is 0. The lowest BCUT2D eigenvalue weighted by Gasteiger charge is -1.85. The Hall–Kier alpha value is -0.780. The maximum atomic E-state index is 2.21. The average Bonchev–Trinajstić information content (AvgIpc) is 2.00. The second kappa shape index (κ2) is 4.13. The highest BCUT2D eigenvalue weighted by atomic mass is 13.9. The second-order valence-corrected chi connectivity index (χ2v) is 2.17. The van der Waals surface area contributed by atoms with Gasteiger partial charge >= 0.3 is 0 Å². The fraction of sp³-hybridized carbons (Fsp3) is 0.333. The van der Waals surface area contributed by atoms with Gasteiger partial charge in [-0.3, -0.25) is 0 Å². The highest BCUT2D eigenvalue weighted by Gasteiger charge is 1.79. The molecule has 0 heterocycles. The van der Waals surface area contributed by atoms with Crippen LogP contribution in [0.2, 0.25) is 0 Å². The molecule has 0 N–H and O–H groups in total. The lowest BCUT2D eigenvalue weighted by atomic mass is 10.2. The first-order chi connectivity index (χ1) is 4.50. The number of rotatable bonds is 0. The molecule has 1 rings (SSSR count). The van der Waals surface area contributed by atoms with E-state index in [0.717, 1.165) is 0 Å². The van der Waals surface area contributed by atoms with E-state index in [1.807, 2.05) is 0 Å². The van der Waals surface area contributed by atoms with Crippen LogP contribution in [0.25, 0.3) is 0 Å². The molecule has 0 radical (unpaired) electrons. The molecule has 0 nitrogen and oxygen atoms in total. The molecule has 0 aromatic carbocycles. The standard InChI is InChI=1S/C9H12/c1-2-4-6-8-9-7-5-3-1/h1-6H,7-9H2/b2-1?,5-3+,6-4?. The van der Waals surface area contributed by atoms with Crippen molar-refractivity contribution in [2.75, 3.05) is 0 Å². The molecule has 0 aromatic heterocycles. The summed E-state index contributed by atoms with van der Waals surface area (Å²) in [4.78, 5) is 0. The summed E-state index contributed by atoms with van der Waals surface area (Å²) in [5, 5.41) is 0. The van der Waals surface area contributed by atoms with E-state index in [1.165, 1.54) is 19.3 Å². The zero-order chi connectivity index (χ0) is 6.36. The minimum atomic E-state index is 1.22. The topological polar surface area (TPSA) is 0 Å². The van der Waals surface area contributed by atoms with Gasteiger partial charge in [0, 0.05) is 0 Å². The maximum Gasteiger partial charge on any atom is -0.0345 e. The van der Waals surface area contributed by atoms with Crippen molar-refractivity contribution in [3.8, 4) is 0 Å². The Labute approximate surface area is 56.6 Å². The van der Waals surface area contributed by atoms with Gasteiger partial charge in [0.2, 0.25) is 0 Å². The summed E-state index contributed by atoms with van der Waals surface area (Å²) < 4.78 is 0. The minimum Gasteiger partial charge on any atom is -0.0845 e. The van der Waals surface area contributed by atoms with Crippen LogP contribution in [0, 0.1) is 0 Å². The Kier molecular flexibility index (Phi) is 2.91. The van der Waals surface area contributed by atoms with Crippen LogP contribution < -0.4 is 0 Å². The lowest BCUT2D eigenvalue weighted by molar-refractivity contribution is 0.869. The van der Waals surface area contributed by atoms with Crippen molar-refractivity contribution in [1.82, 2.24) is 0 Å². The zero-order valence-corrected chi connectivity index (χ0v) is 5.59. The molecule has 0 aliphatic heterocycles. The molecule has 0 fully saturated rings. The van der Waals surface area contributed by atoms with Gasteiger partial charge in [-0.05, 0) is 19.3 Å². The van der Waals surface area contributed by atoms with Gasteiger partial charge in [-0.1, -0.05) is 36.5 Å². The van der Waals surface area contributed by atoms with Gasteiger partial charge in [-0.15, -0.1) is 0 Å². The number of hydrogen-bond acceptors (Lipinski definition) is 0. The molecule has 0 saturated carbocycles. The maximum absolute atomic E-state index is 2.21. The van der Waals surface area contributed by atoms with Crippen molar-refractivity contribution in [3.63, 3.8) is 0 Å². The predicted octanol–water partition coefficient (Wildman–Crippen LogP) is 2.84. The molecule has 9 heavy (non-hydrogen) atoms. The van der Waals surface area contributed by atoms with Crippen LogP contribution in [0.15, 0.2) is 36.5 Å². The van der Waals surface area contributed by atoms with Crippen molar-refractivity contribution in [3.05, 3.63) is 36.5 Å². The molecular weight excluding hydrogens is 108 g/mol. The van der Waals surface area contributed by atoms with Crippen LogP contribution in [0.1, 0.15) is 19.3 Å². The quantitative estimate of drug-likeness (QED) is 0.461. The van der Waals surface area contributed by atoms with Gasteiger partial charge in [0.15, 0.2) is 0 Å². The molecule has 1 aliphatic rings. The van der Waals surface area contributed by atoms with E-state index in [0.29, 0.717) is 0 Å². The van der Waals surface area contributed by atoms with Gasteiger partial charge < -0.3 is 0 Å². The van der Waals surface area contributed by atoms with Crippen molar-refractivity contribution in [2.45, 2.75) is 19.3 Å². The average molecular weight is 120 g/mol. The summed E-state index contributed by atoms with van der Waals surface area (Å²) in [7, 11) is 0. The molecule has 0 amide bonds. The van der Waals surface area contributed by atoms with E-state index >= 15 is 0 Å². The normalized spacial score (nSPS) is 22.2. The Morgan fingerprint density at radius 3 is 1.78 bits per heavy atom. The molecule has 0 atom stereocenters. The molecule has 0 aromatic rings. The first-order valence-corrected chi connectivity index (χ1v) is 3.48. The van der Waals surface area contributed by atoms with E-state index in [-0.39, 0.29) is 0 Å². The van der Waals surface area contributed by atoms with Crippen LogP contribution in [-0.2, 0) is 0 Å². The fourth-order valence-electron chi connectivity index (χ4n) is 0.831. The molecule has 0 unspecified atom stereocenters. The van der Waals surface area contributed by atoms with E-state index in [4.69, 9.17) is 0 Å². The van der Waals surface area contributed by atoms with Crippen LogP contribution in [0.5, 0.6) is 0 Å². The Morgan fingerprint density at radius 1 is 0.667 bits per heavy atom. The fourth-order valence-corrected chi connectivity index (χ4v) is 0.831. The third-order valence-corrected chi connectivity index (χ3v) is 1.35. The van der Waals surface area contributed by atoms with Crippen LogP contribution >= 0.6 is 0 Å². The van der Waals surface area contributed by atoms with Gasteiger partial charge in [0.05, 0.1) is 0 Å². The Bertz CT molecular complexity index is 122. The minimum absolute atomic E-state index is 1.22. The van der Waals surface area contributed by atoms with Crippen LogP contribution in [-0.4, -0.2) is 0 Å². The van der Waals surface area contributed by atoms with Gasteiger partial charge in [-0.2, -0.15) is 0 Å². The zero-order valence-electron chi connectivity index (χ0n) is 5.59. The third kappa shape index (κ3) is 2.91. The molecule has 0 spiro atoms. The third-order valence-electron chi connectivity index (χ3n) is 1.35. The molecular formula is C9H12. The first kappa shape index (κ1) is 6.34. The van der Waals surface area contributed by atoms with Gasteiger partial charge in [-0.25, -0.2) is 0 Å². The highest BCUT2D eigenvalue weighted by molar-refractivity contribution is 5.12. The molecule has 48 valence electrons. The van der Waals surface area contributed by atoms with E-state index < -0.39 is 0 Å². The van der Waals surface area contributed by atoms with Crippen molar-refractivity contribution < 1.29 is 0 Å². The highest BCUT2D eigenvalue weighted by Crippen LogP contribution is 2.00. The molecule has 1 aliphatic carbocycles. The van der Waals surface area contributed by atoms with E-state index in [9.17, 15) is 0 Å². The van der Waals surface area contributed by atoms with E-state index in [2.05, 4.69) is 36.5 Å². The van der Waals surface area contributed by atoms with Gasteiger partial charge in [0.25, 0.3) is 0 Å². The van der Waals surface area contributed by atoms with Gasteiger partial charge in [0.1, 0.15) is 0 Å². The predicted molar refractivity (Wildman–Crippen MR) is 41.3 cm³/mol. The summed E-state index contributed by atoms with van der Waals surface area (Å²) in [6.07, 6.45) is 16.5.